The number of amides is 1. The van der Waals surface area contributed by atoms with Crippen molar-refractivity contribution in [1.82, 2.24) is 5.32 Å². The Morgan fingerprint density at radius 1 is 1.61 bits per heavy atom. The van der Waals surface area contributed by atoms with E-state index in [1.54, 1.807) is 18.2 Å². The Morgan fingerprint density at radius 3 is 3.06 bits per heavy atom. The summed E-state index contributed by atoms with van der Waals surface area (Å²) >= 11 is 6.01. The van der Waals surface area contributed by atoms with Gasteiger partial charge in [-0.25, -0.2) is 0 Å². The van der Waals surface area contributed by atoms with Crippen molar-refractivity contribution in [2.45, 2.75) is 31.9 Å². The summed E-state index contributed by atoms with van der Waals surface area (Å²) in [6, 6.07) is 5.02. The minimum Gasteiger partial charge on any atom is -0.398 e. The van der Waals surface area contributed by atoms with Gasteiger partial charge in [0.1, 0.15) is 0 Å². The number of carbonyl (C=O) groups excluding carboxylic acids is 1. The topological polar surface area (TPSA) is 64.4 Å². The highest BCUT2D eigenvalue weighted by Gasteiger charge is 2.24. The van der Waals surface area contributed by atoms with Crippen molar-refractivity contribution < 1.29 is 9.53 Å². The third-order valence-corrected chi connectivity index (χ3v) is 3.58. The summed E-state index contributed by atoms with van der Waals surface area (Å²) in [5.41, 5.74) is 6.49. The number of ether oxygens (including phenoxy) is 1. The summed E-state index contributed by atoms with van der Waals surface area (Å²) in [5.74, 6) is -0.213. The molecular formula is C13H17ClN2O2. The second kappa shape index (κ2) is 5.59. The highest BCUT2D eigenvalue weighted by atomic mass is 35.5. The van der Waals surface area contributed by atoms with Crippen molar-refractivity contribution >= 4 is 23.2 Å². The van der Waals surface area contributed by atoms with E-state index in [-0.39, 0.29) is 18.1 Å². The van der Waals surface area contributed by atoms with Gasteiger partial charge in [-0.15, -0.1) is 0 Å². The Kier molecular flexibility index (Phi) is 4.09. The second-order valence-corrected chi connectivity index (χ2v) is 4.90. The van der Waals surface area contributed by atoms with Crippen LogP contribution in [0.2, 0.25) is 5.02 Å². The monoisotopic (exact) mass is 268 g/mol. The molecule has 2 atom stereocenters. The molecule has 1 aromatic rings. The molecular weight excluding hydrogens is 252 g/mol. The Hall–Kier alpha value is -1.26. The number of nitrogens with one attached hydrogen (secondary N) is 1. The van der Waals surface area contributed by atoms with Gasteiger partial charge in [-0.1, -0.05) is 17.7 Å². The fourth-order valence-corrected chi connectivity index (χ4v) is 2.31. The van der Waals surface area contributed by atoms with Crippen molar-refractivity contribution in [2.24, 2.45) is 0 Å². The lowest BCUT2D eigenvalue weighted by molar-refractivity contribution is 0.0712. The molecule has 0 radical (unpaired) electrons. The van der Waals surface area contributed by atoms with Crippen LogP contribution >= 0.6 is 11.6 Å². The number of hydrogen-bond acceptors (Lipinski definition) is 3. The van der Waals surface area contributed by atoms with Gasteiger partial charge in [0.2, 0.25) is 0 Å². The number of nitrogen functional groups attached to an aromatic ring is 1. The molecule has 1 aliphatic heterocycles. The fraction of sp³-hybridized carbons (Fsp3) is 0.462. The lowest BCUT2D eigenvalue weighted by atomic mass is 10.1. The molecule has 1 saturated heterocycles. The maximum absolute atomic E-state index is 12.1. The van der Waals surface area contributed by atoms with Crippen LogP contribution < -0.4 is 11.1 Å². The standard InChI is InChI=1S/C13H17ClN2O2/c1-8(11-6-3-7-18-11)16-13(17)9-4-2-5-10(15)12(9)14/h2,4-5,8,11H,3,6-7,15H2,1H3,(H,16,17). The number of anilines is 1. The maximum Gasteiger partial charge on any atom is 0.253 e. The van der Waals surface area contributed by atoms with E-state index in [1.165, 1.54) is 0 Å². The molecule has 1 amide bonds. The maximum atomic E-state index is 12.1. The molecule has 2 rings (SSSR count). The van der Waals surface area contributed by atoms with Crippen LogP contribution in [-0.2, 0) is 4.74 Å². The predicted octanol–water partition coefficient (Wildman–Crippen LogP) is 2.22. The zero-order chi connectivity index (χ0) is 13.1. The van der Waals surface area contributed by atoms with Crippen molar-refractivity contribution in [2.75, 3.05) is 12.3 Å². The number of rotatable bonds is 3. The first-order chi connectivity index (χ1) is 8.59. The average Bonchev–Trinajstić information content (AvgIpc) is 2.86. The van der Waals surface area contributed by atoms with E-state index in [9.17, 15) is 4.79 Å². The van der Waals surface area contributed by atoms with E-state index >= 15 is 0 Å². The van der Waals surface area contributed by atoms with Crippen LogP contribution in [0.3, 0.4) is 0 Å². The van der Waals surface area contributed by atoms with E-state index in [1.807, 2.05) is 6.92 Å². The van der Waals surface area contributed by atoms with Crippen LogP contribution in [-0.4, -0.2) is 24.7 Å². The summed E-state index contributed by atoms with van der Waals surface area (Å²) in [6.07, 6.45) is 2.12. The van der Waals surface area contributed by atoms with Gasteiger partial charge in [0.05, 0.1) is 28.4 Å². The van der Waals surface area contributed by atoms with Gasteiger partial charge in [0.25, 0.3) is 5.91 Å². The minimum absolute atomic E-state index is 0.0301. The fourth-order valence-electron chi connectivity index (χ4n) is 2.10. The van der Waals surface area contributed by atoms with Gasteiger partial charge < -0.3 is 15.8 Å². The summed E-state index contributed by atoms with van der Waals surface area (Å²) in [6.45, 7) is 2.71. The second-order valence-electron chi connectivity index (χ2n) is 4.52. The van der Waals surface area contributed by atoms with Crippen LogP contribution in [0.4, 0.5) is 5.69 Å². The van der Waals surface area contributed by atoms with Gasteiger partial charge in [0.15, 0.2) is 0 Å². The molecule has 0 aliphatic carbocycles. The Balaban J connectivity index is 2.05. The summed E-state index contributed by atoms with van der Waals surface area (Å²) in [5, 5.41) is 3.20. The zero-order valence-electron chi connectivity index (χ0n) is 10.3. The SMILES string of the molecule is CC(NC(=O)c1cccc(N)c1Cl)C1CCCO1. The highest BCUT2D eigenvalue weighted by Crippen LogP contribution is 2.23. The molecule has 18 heavy (non-hydrogen) atoms. The summed E-state index contributed by atoms with van der Waals surface area (Å²) in [7, 11) is 0. The van der Waals surface area contributed by atoms with E-state index < -0.39 is 0 Å². The molecule has 1 fully saturated rings. The van der Waals surface area contributed by atoms with Crippen LogP contribution in [0, 0.1) is 0 Å². The molecule has 0 bridgehead atoms. The molecule has 0 saturated carbocycles. The Bertz CT molecular complexity index is 445. The molecule has 1 aliphatic rings. The lowest BCUT2D eigenvalue weighted by Gasteiger charge is -2.20. The van der Waals surface area contributed by atoms with Crippen molar-refractivity contribution in [3.8, 4) is 0 Å². The summed E-state index contributed by atoms with van der Waals surface area (Å²) < 4.78 is 5.53. The molecule has 1 aromatic carbocycles. The molecule has 3 N–H and O–H groups in total. The largest absolute Gasteiger partial charge is 0.398 e. The number of halogens is 1. The molecule has 98 valence electrons. The molecule has 5 heteroatoms. The lowest BCUT2D eigenvalue weighted by Crippen LogP contribution is -2.40. The predicted molar refractivity (Wildman–Crippen MR) is 71.8 cm³/mol. The first-order valence-corrected chi connectivity index (χ1v) is 6.44. The molecule has 1 heterocycles. The van der Waals surface area contributed by atoms with Gasteiger partial charge in [-0.2, -0.15) is 0 Å². The van der Waals surface area contributed by atoms with Gasteiger partial charge in [-0.3, -0.25) is 4.79 Å². The average molecular weight is 269 g/mol. The van der Waals surface area contributed by atoms with E-state index in [4.69, 9.17) is 22.1 Å². The van der Waals surface area contributed by atoms with Gasteiger partial charge >= 0.3 is 0 Å². The van der Waals surface area contributed by atoms with Crippen LogP contribution in [0.25, 0.3) is 0 Å². The van der Waals surface area contributed by atoms with Crippen molar-refractivity contribution in [1.29, 1.82) is 0 Å². The van der Waals surface area contributed by atoms with E-state index in [2.05, 4.69) is 5.32 Å². The van der Waals surface area contributed by atoms with Crippen molar-refractivity contribution in [3.63, 3.8) is 0 Å². The smallest absolute Gasteiger partial charge is 0.253 e. The summed E-state index contributed by atoms with van der Waals surface area (Å²) in [4.78, 5) is 12.1. The Morgan fingerprint density at radius 2 is 2.39 bits per heavy atom. The van der Waals surface area contributed by atoms with Crippen LogP contribution in [0.15, 0.2) is 18.2 Å². The third-order valence-electron chi connectivity index (χ3n) is 3.15. The van der Waals surface area contributed by atoms with Crippen LogP contribution in [0.1, 0.15) is 30.1 Å². The minimum atomic E-state index is -0.213. The normalized spacial score (nSPS) is 20.7. The molecule has 2 unspecified atom stereocenters. The highest BCUT2D eigenvalue weighted by molar-refractivity contribution is 6.36. The first kappa shape index (κ1) is 13.2. The number of benzene rings is 1. The third kappa shape index (κ3) is 2.76. The van der Waals surface area contributed by atoms with Gasteiger partial charge in [0, 0.05) is 6.61 Å². The number of nitrogens with two attached hydrogens (primary N) is 1. The van der Waals surface area contributed by atoms with Crippen LogP contribution in [0.5, 0.6) is 0 Å². The van der Waals surface area contributed by atoms with E-state index in [0.29, 0.717) is 16.3 Å². The quantitative estimate of drug-likeness (QED) is 0.826. The molecule has 0 aromatic heterocycles. The molecule has 0 spiro atoms. The van der Waals surface area contributed by atoms with Gasteiger partial charge in [-0.05, 0) is 31.9 Å². The van der Waals surface area contributed by atoms with E-state index in [0.717, 1.165) is 19.4 Å². The number of carbonyl (C=O) groups is 1. The zero-order valence-corrected chi connectivity index (χ0v) is 11.0. The number of hydrogen-bond donors (Lipinski definition) is 2. The van der Waals surface area contributed by atoms with Crippen molar-refractivity contribution in [3.05, 3.63) is 28.8 Å². The first-order valence-electron chi connectivity index (χ1n) is 6.06. The Labute approximate surface area is 111 Å². The molecule has 4 nitrogen and oxygen atoms in total.